The molecule has 0 aliphatic heterocycles. The smallest absolute Gasteiger partial charge is 0.0595 e. The molecule has 0 aliphatic carbocycles. The first-order valence-corrected chi connectivity index (χ1v) is 5.31. The van der Waals surface area contributed by atoms with Gasteiger partial charge in [0.25, 0.3) is 0 Å². The van der Waals surface area contributed by atoms with Gasteiger partial charge in [0.1, 0.15) is 0 Å². The van der Waals surface area contributed by atoms with Gasteiger partial charge >= 0.3 is 0 Å². The number of nitrogens with one attached hydrogen (secondary N) is 1. The lowest BCUT2D eigenvalue weighted by Crippen LogP contribution is -2.17. The lowest BCUT2D eigenvalue weighted by atomic mass is 10.1. The highest BCUT2D eigenvalue weighted by molar-refractivity contribution is 7.80. The summed E-state index contributed by atoms with van der Waals surface area (Å²) in [6.45, 7) is 0. The van der Waals surface area contributed by atoms with Crippen LogP contribution in [0.3, 0.4) is 0 Å². The average Bonchev–Trinajstić information content (AvgIpc) is 2.13. The standard InChI is InChI=1S/C9H11Cl2NS/c1-12-9(5-13)6-2-3-7(10)8(11)4-6/h2-4,9,12-13H,5H2,1H3. The molecule has 1 atom stereocenters. The number of rotatable bonds is 3. The molecule has 1 unspecified atom stereocenters. The normalized spacial score (nSPS) is 12.9. The molecule has 1 N–H and O–H groups in total. The summed E-state index contributed by atoms with van der Waals surface area (Å²) in [6, 6.07) is 5.83. The summed E-state index contributed by atoms with van der Waals surface area (Å²) >= 11 is 15.9. The van der Waals surface area contributed by atoms with E-state index in [-0.39, 0.29) is 6.04 Å². The van der Waals surface area contributed by atoms with E-state index in [4.69, 9.17) is 23.2 Å². The van der Waals surface area contributed by atoms with Gasteiger partial charge in [0, 0.05) is 11.8 Å². The number of hydrogen-bond donors (Lipinski definition) is 2. The van der Waals surface area contributed by atoms with Gasteiger partial charge in [-0.2, -0.15) is 12.6 Å². The summed E-state index contributed by atoms with van der Waals surface area (Å²) in [6.07, 6.45) is 0. The molecule has 0 saturated carbocycles. The number of hydrogen-bond acceptors (Lipinski definition) is 2. The van der Waals surface area contributed by atoms with Crippen molar-refractivity contribution in [3.63, 3.8) is 0 Å². The Morgan fingerprint density at radius 1 is 1.38 bits per heavy atom. The second-order valence-corrected chi connectivity index (χ2v) is 3.88. The summed E-state index contributed by atoms with van der Waals surface area (Å²) in [4.78, 5) is 0. The van der Waals surface area contributed by atoms with E-state index < -0.39 is 0 Å². The summed E-state index contributed by atoms with van der Waals surface area (Å²) < 4.78 is 0. The number of benzene rings is 1. The molecule has 0 amide bonds. The Morgan fingerprint density at radius 3 is 2.54 bits per heavy atom. The molecule has 72 valence electrons. The van der Waals surface area contributed by atoms with Crippen LogP contribution in [0.2, 0.25) is 10.0 Å². The molecule has 0 heterocycles. The third-order valence-corrected chi connectivity index (χ3v) is 2.98. The quantitative estimate of drug-likeness (QED) is 0.768. The molecule has 0 aromatic heterocycles. The monoisotopic (exact) mass is 235 g/mol. The van der Waals surface area contributed by atoms with Crippen molar-refractivity contribution in [2.24, 2.45) is 0 Å². The fraction of sp³-hybridized carbons (Fsp3) is 0.333. The second kappa shape index (κ2) is 5.11. The van der Waals surface area contributed by atoms with Crippen molar-refractivity contribution in [3.05, 3.63) is 33.8 Å². The Bertz CT molecular complexity index is 287. The number of thiol groups is 1. The summed E-state index contributed by atoms with van der Waals surface area (Å²) in [7, 11) is 1.89. The van der Waals surface area contributed by atoms with Crippen LogP contribution in [0.5, 0.6) is 0 Å². The van der Waals surface area contributed by atoms with Crippen LogP contribution in [0, 0.1) is 0 Å². The van der Waals surface area contributed by atoms with E-state index in [0.717, 1.165) is 11.3 Å². The fourth-order valence-electron chi connectivity index (χ4n) is 1.09. The van der Waals surface area contributed by atoms with Gasteiger partial charge in [-0.3, -0.25) is 0 Å². The number of halogens is 2. The van der Waals surface area contributed by atoms with Crippen LogP contribution < -0.4 is 5.32 Å². The van der Waals surface area contributed by atoms with Gasteiger partial charge in [0.2, 0.25) is 0 Å². The summed E-state index contributed by atoms with van der Waals surface area (Å²) in [5, 5.41) is 4.30. The van der Waals surface area contributed by atoms with Crippen LogP contribution in [0.1, 0.15) is 11.6 Å². The van der Waals surface area contributed by atoms with E-state index in [1.165, 1.54) is 0 Å². The molecule has 0 spiro atoms. The topological polar surface area (TPSA) is 12.0 Å². The zero-order chi connectivity index (χ0) is 9.84. The van der Waals surface area contributed by atoms with Crippen LogP contribution in [0.15, 0.2) is 18.2 Å². The van der Waals surface area contributed by atoms with Gasteiger partial charge in [-0.05, 0) is 24.7 Å². The molecule has 1 aromatic rings. The highest BCUT2D eigenvalue weighted by atomic mass is 35.5. The highest BCUT2D eigenvalue weighted by Crippen LogP contribution is 2.25. The molecule has 1 nitrogen and oxygen atoms in total. The van der Waals surface area contributed by atoms with E-state index in [1.807, 2.05) is 19.2 Å². The van der Waals surface area contributed by atoms with Crippen LogP contribution in [0.4, 0.5) is 0 Å². The first kappa shape index (κ1) is 11.2. The van der Waals surface area contributed by atoms with Gasteiger partial charge in [0.05, 0.1) is 10.0 Å². The van der Waals surface area contributed by atoms with Crippen molar-refractivity contribution < 1.29 is 0 Å². The molecule has 4 heteroatoms. The zero-order valence-corrected chi connectivity index (χ0v) is 9.63. The van der Waals surface area contributed by atoms with Gasteiger partial charge in [-0.1, -0.05) is 29.3 Å². The third-order valence-electron chi connectivity index (χ3n) is 1.88. The van der Waals surface area contributed by atoms with E-state index in [0.29, 0.717) is 10.0 Å². The van der Waals surface area contributed by atoms with Crippen molar-refractivity contribution in [1.82, 2.24) is 5.32 Å². The second-order valence-electron chi connectivity index (χ2n) is 2.70. The third kappa shape index (κ3) is 2.78. The molecule has 0 bridgehead atoms. The Balaban J connectivity index is 2.95. The molecule has 0 saturated heterocycles. The van der Waals surface area contributed by atoms with Gasteiger partial charge in [-0.25, -0.2) is 0 Å². The Kier molecular flexibility index (Phi) is 4.39. The van der Waals surface area contributed by atoms with Crippen molar-refractivity contribution in [3.8, 4) is 0 Å². The zero-order valence-electron chi connectivity index (χ0n) is 7.22. The molecule has 0 fully saturated rings. The summed E-state index contributed by atoms with van der Waals surface area (Å²) in [5.41, 5.74) is 1.10. The minimum atomic E-state index is 0.220. The molecule has 13 heavy (non-hydrogen) atoms. The summed E-state index contributed by atoms with van der Waals surface area (Å²) in [5.74, 6) is 0.731. The fourth-order valence-corrected chi connectivity index (χ4v) is 1.79. The van der Waals surface area contributed by atoms with Gasteiger partial charge in [0.15, 0.2) is 0 Å². The van der Waals surface area contributed by atoms with Crippen molar-refractivity contribution in [1.29, 1.82) is 0 Å². The predicted molar refractivity (Wildman–Crippen MR) is 62.1 cm³/mol. The van der Waals surface area contributed by atoms with Crippen LogP contribution in [0.25, 0.3) is 0 Å². The largest absolute Gasteiger partial charge is 0.312 e. The molecular formula is C9H11Cl2NS. The molecule has 0 aliphatic rings. The van der Waals surface area contributed by atoms with Crippen LogP contribution in [-0.4, -0.2) is 12.8 Å². The van der Waals surface area contributed by atoms with Gasteiger partial charge < -0.3 is 5.32 Å². The average molecular weight is 236 g/mol. The van der Waals surface area contributed by atoms with Gasteiger partial charge in [-0.15, -0.1) is 0 Å². The molecule has 1 rings (SSSR count). The first-order valence-electron chi connectivity index (χ1n) is 3.92. The van der Waals surface area contributed by atoms with Crippen LogP contribution in [-0.2, 0) is 0 Å². The Morgan fingerprint density at radius 2 is 2.08 bits per heavy atom. The molecule has 1 aromatic carbocycles. The van der Waals surface area contributed by atoms with Crippen molar-refractivity contribution >= 4 is 35.8 Å². The first-order chi connectivity index (χ1) is 6.19. The predicted octanol–water partition coefficient (Wildman–Crippen LogP) is 3.18. The minimum Gasteiger partial charge on any atom is -0.312 e. The molecule has 0 radical (unpaired) electrons. The lowest BCUT2D eigenvalue weighted by molar-refractivity contribution is 0.663. The van der Waals surface area contributed by atoms with E-state index >= 15 is 0 Å². The van der Waals surface area contributed by atoms with Crippen molar-refractivity contribution in [2.75, 3.05) is 12.8 Å². The maximum Gasteiger partial charge on any atom is 0.0595 e. The SMILES string of the molecule is CNC(CS)c1ccc(Cl)c(Cl)c1. The minimum absolute atomic E-state index is 0.220. The maximum atomic E-state index is 5.89. The molecular weight excluding hydrogens is 225 g/mol. The lowest BCUT2D eigenvalue weighted by Gasteiger charge is -2.14. The maximum absolute atomic E-state index is 5.89. The van der Waals surface area contributed by atoms with E-state index in [1.54, 1.807) is 6.07 Å². The Hall–Kier alpha value is 0.110. The van der Waals surface area contributed by atoms with Crippen molar-refractivity contribution in [2.45, 2.75) is 6.04 Å². The van der Waals surface area contributed by atoms with E-state index in [9.17, 15) is 0 Å². The highest BCUT2D eigenvalue weighted by Gasteiger charge is 2.08. The van der Waals surface area contributed by atoms with Crippen LogP contribution >= 0.6 is 35.8 Å². The Labute approximate surface area is 93.8 Å². The van der Waals surface area contributed by atoms with E-state index in [2.05, 4.69) is 17.9 Å².